The van der Waals surface area contributed by atoms with E-state index >= 15 is 0 Å². The summed E-state index contributed by atoms with van der Waals surface area (Å²) in [5, 5.41) is -0.185. The first-order chi connectivity index (χ1) is 15.8. The number of fused-ring (bicyclic) bond motifs is 1. The molecular formula is C23H21F5N2O4. The maximum atomic E-state index is 14.5. The molecule has 0 bridgehead atoms. The number of ether oxygens (including phenoxy) is 2. The average molecular weight is 484 g/mol. The van der Waals surface area contributed by atoms with Crippen LogP contribution in [0.1, 0.15) is 42.7 Å². The van der Waals surface area contributed by atoms with Gasteiger partial charge in [-0.3, -0.25) is 9.59 Å². The van der Waals surface area contributed by atoms with E-state index in [0.717, 1.165) is 32.2 Å². The molecule has 0 aliphatic carbocycles. The second-order valence-corrected chi connectivity index (χ2v) is 8.58. The van der Waals surface area contributed by atoms with E-state index < -0.39 is 58.1 Å². The minimum atomic E-state index is -4.82. The molecule has 1 fully saturated rings. The number of hydrogen-bond donors (Lipinski definition) is 2. The van der Waals surface area contributed by atoms with Crippen molar-refractivity contribution in [3.05, 3.63) is 73.4 Å². The highest BCUT2D eigenvalue weighted by Gasteiger charge is 2.65. The van der Waals surface area contributed by atoms with Gasteiger partial charge in [-0.25, -0.2) is 4.39 Å². The molecular weight excluding hydrogens is 463 g/mol. The van der Waals surface area contributed by atoms with E-state index in [-0.39, 0.29) is 22.2 Å². The third kappa shape index (κ3) is 3.41. The summed E-state index contributed by atoms with van der Waals surface area (Å²) in [6.07, 6.45) is -4.88. The van der Waals surface area contributed by atoms with Gasteiger partial charge in [-0.1, -0.05) is 13.0 Å². The molecule has 11 heteroatoms. The molecule has 2 aromatic heterocycles. The number of rotatable bonds is 3. The Morgan fingerprint density at radius 2 is 1.85 bits per heavy atom. The van der Waals surface area contributed by atoms with E-state index in [4.69, 9.17) is 9.47 Å². The topological polar surface area (TPSA) is 84.2 Å². The van der Waals surface area contributed by atoms with E-state index in [2.05, 4.69) is 9.97 Å². The molecule has 2 N–H and O–H groups in total. The Bertz CT molecular complexity index is 1400. The highest BCUT2D eigenvalue weighted by atomic mass is 19.4. The maximum Gasteiger partial charge on any atom is 0.417 e. The van der Waals surface area contributed by atoms with Crippen molar-refractivity contribution in [2.24, 2.45) is 5.92 Å². The third-order valence-electron chi connectivity index (χ3n) is 6.71. The number of alkyl halides is 3. The van der Waals surface area contributed by atoms with Crippen LogP contribution in [-0.2, 0) is 4.74 Å². The Kier molecular flexibility index (Phi) is 5.58. The number of benzene rings is 1. The molecule has 1 aromatic carbocycles. The van der Waals surface area contributed by atoms with Gasteiger partial charge in [-0.15, -0.1) is 0 Å². The van der Waals surface area contributed by atoms with E-state index in [9.17, 15) is 31.5 Å². The lowest BCUT2D eigenvalue weighted by Crippen LogP contribution is -2.46. The van der Waals surface area contributed by atoms with E-state index in [1.807, 2.05) is 0 Å². The lowest BCUT2D eigenvalue weighted by atomic mass is 9.76. The number of aryl methyl sites for hydroxylation is 1. The second-order valence-electron chi connectivity index (χ2n) is 8.58. The van der Waals surface area contributed by atoms with Crippen LogP contribution in [0.2, 0.25) is 0 Å². The van der Waals surface area contributed by atoms with Gasteiger partial charge in [0.2, 0.25) is 5.82 Å². The SMILES string of the molecule is COc1c([C@H]2[C@H](c3cc(=O)c4c(=O)[nH]cc(C)c4[nH]3)O[C@@](C)(C(F)(F)F)[C@H]2C)ccc(F)c1F. The lowest BCUT2D eigenvalue weighted by Gasteiger charge is -2.32. The molecule has 0 saturated carbocycles. The van der Waals surface area contributed by atoms with E-state index in [1.165, 1.54) is 13.1 Å². The molecule has 0 spiro atoms. The summed E-state index contributed by atoms with van der Waals surface area (Å²) >= 11 is 0. The van der Waals surface area contributed by atoms with Crippen LogP contribution in [0.4, 0.5) is 22.0 Å². The summed E-state index contributed by atoms with van der Waals surface area (Å²) in [5.74, 6) is -5.60. The van der Waals surface area contributed by atoms with Crippen molar-refractivity contribution in [1.29, 1.82) is 0 Å². The van der Waals surface area contributed by atoms with Crippen LogP contribution < -0.4 is 15.7 Å². The fourth-order valence-corrected chi connectivity index (χ4v) is 4.65. The number of aromatic amines is 2. The zero-order chi connectivity index (χ0) is 25.2. The molecule has 4 rings (SSSR count). The Balaban J connectivity index is 2.01. The number of pyridine rings is 2. The van der Waals surface area contributed by atoms with Crippen LogP contribution in [0, 0.1) is 24.5 Å². The Morgan fingerprint density at radius 3 is 2.47 bits per heavy atom. The van der Waals surface area contributed by atoms with Crippen molar-refractivity contribution in [1.82, 2.24) is 9.97 Å². The van der Waals surface area contributed by atoms with Crippen molar-refractivity contribution in [2.45, 2.75) is 44.6 Å². The number of methoxy groups -OCH3 is 1. The molecule has 6 nitrogen and oxygen atoms in total. The van der Waals surface area contributed by atoms with Crippen molar-refractivity contribution < 1.29 is 31.4 Å². The number of aromatic nitrogens is 2. The standard InChI is InChI=1S/C23H21F5N2O4/c1-9-8-29-21(32)16-14(31)7-13(30-18(9)16)20-15(10(2)22(3,34-20)23(26,27)28)11-5-6-12(24)17(25)19(11)33-4/h5-8,10,15,20H,1-4H3,(H,29,32)(H,30,31)/t10-,15-,20-,22+/m0/s1. The minimum absolute atomic E-state index is 0.0391. The molecule has 1 aliphatic heterocycles. The number of halogens is 5. The Hall–Kier alpha value is -3.21. The fourth-order valence-electron chi connectivity index (χ4n) is 4.65. The third-order valence-corrected chi connectivity index (χ3v) is 6.71. The first-order valence-electron chi connectivity index (χ1n) is 10.3. The average Bonchev–Trinajstić information content (AvgIpc) is 3.04. The van der Waals surface area contributed by atoms with Gasteiger partial charge in [-0.05, 0) is 25.5 Å². The molecule has 0 amide bonds. The van der Waals surface area contributed by atoms with Gasteiger partial charge in [0.25, 0.3) is 5.56 Å². The summed E-state index contributed by atoms with van der Waals surface area (Å²) in [6.45, 7) is 3.76. The highest BCUT2D eigenvalue weighted by molar-refractivity contribution is 5.80. The summed E-state index contributed by atoms with van der Waals surface area (Å²) in [7, 11) is 1.08. The van der Waals surface area contributed by atoms with Crippen LogP contribution in [0.25, 0.3) is 10.9 Å². The number of nitrogens with one attached hydrogen (secondary N) is 2. The van der Waals surface area contributed by atoms with Crippen molar-refractivity contribution >= 4 is 10.9 Å². The molecule has 4 atom stereocenters. The van der Waals surface area contributed by atoms with Gasteiger partial charge in [-0.2, -0.15) is 17.6 Å². The predicted molar refractivity (Wildman–Crippen MR) is 113 cm³/mol. The zero-order valence-electron chi connectivity index (χ0n) is 18.6. The second kappa shape index (κ2) is 7.93. The normalized spacial score (nSPS) is 25.1. The Morgan fingerprint density at radius 1 is 1.18 bits per heavy atom. The highest BCUT2D eigenvalue weighted by Crippen LogP contribution is 2.59. The van der Waals surface area contributed by atoms with Crippen molar-refractivity contribution in [3.8, 4) is 5.75 Å². The van der Waals surface area contributed by atoms with Crippen molar-refractivity contribution in [2.75, 3.05) is 7.11 Å². The lowest BCUT2D eigenvalue weighted by molar-refractivity contribution is -0.275. The smallest absolute Gasteiger partial charge is 0.417 e. The molecule has 0 unspecified atom stereocenters. The molecule has 0 radical (unpaired) electrons. The van der Waals surface area contributed by atoms with Crippen molar-refractivity contribution in [3.63, 3.8) is 0 Å². The summed E-state index contributed by atoms with van der Waals surface area (Å²) in [6, 6.07) is 2.94. The molecule has 34 heavy (non-hydrogen) atoms. The maximum absolute atomic E-state index is 14.5. The Labute approximate surface area is 189 Å². The molecule has 3 heterocycles. The summed E-state index contributed by atoms with van der Waals surface area (Å²) < 4.78 is 81.4. The van der Waals surface area contributed by atoms with Crippen LogP contribution in [0.15, 0.2) is 34.0 Å². The fraction of sp³-hybridized carbons (Fsp3) is 0.391. The van der Waals surface area contributed by atoms with Crippen LogP contribution in [-0.4, -0.2) is 28.9 Å². The first kappa shape index (κ1) is 23.9. The predicted octanol–water partition coefficient (Wildman–Crippen LogP) is 4.62. The van der Waals surface area contributed by atoms with Gasteiger partial charge in [0.05, 0.1) is 12.6 Å². The van der Waals surface area contributed by atoms with Gasteiger partial charge in [0.1, 0.15) is 11.5 Å². The molecule has 182 valence electrons. The number of H-pyrrole nitrogens is 2. The molecule has 3 aromatic rings. The monoisotopic (exact) mass is 484 g/mol. The minimum Gasteiger partial charge on any atom is -0.493 e. The van der Waals surface area contributed by atoms with Gasteiger partial charge in [0, 0.05) is 35.4 Å². The number of hydrogen-bond acceptors (Lipinski definition) is 4. The largest absolute Gasteiger partial charge is 0.493 e. The van der Waals surface area contributed by atoms with E-state index in [1.54, 1.807) is 6.92 Å². The van der Waals surface area contributed by atoms with E-state index in [0.29, 0.717) is 5.56 Å². The quantitative estimate of drug-likeness (QED) is 0.532. The van der Waals surface area contributed by atoms with Gasteiger partial charge < -0.3 is 19.4 Å². The van der Waals surface area contributed by atoms with Crippen LogP contribution in [0.3, 0.4) is 0 Å². The van der Waals surface area contributed by atoms with Crippen LogP contribution >= 0.6 is 0 Å². The summed E-state index contributed by atoms with van der Waals surface area (Å²) in [4.78, 5) is 30.2. The first-order valence-corrected chi connectivity index (χ1v) is 10.3. The van der Waals surface area contributed by atoms with Gasteiger partial charge >= 0.3 is 6.18 Å². The van der Waals surface area contributed by atoms with Crippen LogP contribution in [0.5, 0.6) is 5.75 Å². The molecule has 1 aliphatic rings. The van der Waals surface area contributed by atoms with Gasteiger partial charge in [0.15, 0.2) is 22.6 Å². The zero-order valence-corrected chi connectivity index (χ0v) is 18.6. The molecule has 1 saturated heterocycles. The summed E-state index contributed by atoms with van der Waals surface area (Å²) in [5.41, 5.74) is -3.54.